The number of rotatable bonds is 3. The van der Waals surface area contributed by atoms with Crippen LogP contribution in [0.5, 0.6) is 0 Å². The minimum atomic E-state index is -1.40. The van der Waals surface area contributed by atoms with Crippen LogP contribution in [-0.2, 0) is 4.74 Å². The van der Waals surface area contributed by atoms with Crippen molar-refractivity contribution in [3.8, 4) is 0 Å². The van der Waals surface area contributed by atoms with E-state index in [1.54, 1.807) is 0 Å². The molecule has 8 nitrogen and oxygen atoms in total. The van der Waals surface area contributed by atoms with Crippen molar-refractivity contribution in [2.24, 2.45) is 0 Å². The fraction of sp³-hybridized carbons (Fsp3) is 0.455. The van der Waals surface area contributed by atoms with Gasteiger partial charge in [0.25, 0.3) is 5.56 Å². The number of halogens is 1. The summed E-state index contributed by atoms with van der Waals surface area (Å²) in [4.78, 5) is 28.2. The number of nitrogens with one attached hydrogen (secondary N) is 2. The first-order valence-corrected chi connectivity index (χ1v) is 6.65. The quantitative estimate of drug-likeness (QED) is 0.450. The van der Waals surface area contributed by atoms with E-state index < -0.39 is 41.8 Å². The number of hydrogen-bond donors (Lipinski definition) is 5. The normalized spacial score (nSPS) is 31.8. The molecule has 2 heterocycles. The van der Waals surface area contributed by atoms with E-state index in [1.165, 1.54) is 11.1 Å². The molecule has 0 spiro atoms. The van der Waals surface area contributed by atoms with Crippen LogP contribution in [0.25, 0.3) is 0 Å². The molecule has 0 bridgehead atoms. The first-order chi connectivity index (χ1) is 9.45. The number of H-pyrrole nitrogens is 2. The molecule has 0 radical (unpaired) electrons. The third-order valence-corrected chi connectivity index (χ3v) is 3.37. The summed E-state index contributed by atoms with van der Waals surface area (Å²) in [6, 6.07) is 0. The highest BCUT2D eigenvalue weighted by Crippen LogP contribution is 2.33. The molecule has 9 heteroatoms. The van der Waals surface area contributed by atoms with Crippen LogP contribution in [0.15, 0.2) is 26.8 Å². The maximum atomic E-state index is 11.6. The van der Waals surface area contributed by atoms with Gasteiger partial charge in [-0.25, -0.2) is 4.79 Å². The highest BCUT2D eigenvalue weighted by atomic mass is 79.9. The zero-order valence-electron chi connectivity index (χ0n) is 10.1. The van der Waals surface area contributed by atoms with Crippen molar-refractivity contribution in [2.45, 2.75) is 30.5 Å². The molecule has 1 aliphatic heterocycles. The van der Waals surface area contributed by atoms with Crippen molar-refractivity contribution < 1.29 is 20.1 Å². The second-order valence-electron chi connectivity index (χ2n) is 4.34. The Balaban J connectivity index is 2.30. The molecule has 2 unspecified atom stereocenters. The molecule has 0 amide bonds. The monoisotopic (exact) mass is 348 g/mol. The molecule has 0 saturated carbocycles. The van der Waals surface area contributed by atoms with E-state index in [-0.39, 0.29) is 5.56 Å². The van der Waals surface area contributed by atoms with Gasteiger partial charge in [0.1, 0.15) is 30.5 Å². The Bertz CT molecular complexity index is 611. The Morgan fingerprint density at radius 3 is 2.65 bits per heavy atom. The maximum absolute atomic E-state index is 11.6. The van der Waals surface area contributed by atoms with E-state index in [9.17, 15) is 24.9 Å². The van der Waals surface area contributed by atoms with Crippen LogP contribution in [0.4, 0.5) is 0 Å². The molecule has 0 aliphatic carbocycles. The smallest absolute Gasteiger partial charge is 0.325 e. The van der Waals surface area contributed by atoms with Gasteiger partial charge in [0, 0.05) is 6.20 Å². The van der Waals surface area contributed by atoms with Crippen LogP contribution in [0.1, 0.15) is 11.7 Å². The van der Waals surface area contributed by atoms with Crippen LogP contribution in [0, 0.1) is 0 Å². The Morgan fingerprint density at radius 2 is 2.05 bits per heavy atom. The van der Waals surface area contributed by atoms with Crippen molar-refractivity contribution in [3.63, 3.8) is 0 Å². The van der Waals surface area contributed by atoms with Gasteiger partial charge in [-0.1, -0.05) is 15.9 Å². The van der Waals surface area contributed by atoms with Crippen molar-refractivity contribution >= 4 is 15.9 Å². The first-order valence-electron chi connectivity index (χ1n) is 5.74. The predicted molar refractivity (Wildman–Crippen MR) is 71.4 cm³/mol. The van der Waals surface area contributed by atoms with E-state index in [4.69, 9.17) is 4.74 Å². The summed E-state index contributed by atoms with van der Waals surface area (Å²) in [6.07, 6.45) is -3.73. The molecule has 2 rings (SSSR count). The summed E-state index contributed by atoms with van der Waals surface area (Å²) in [5, 5.41) is 29.5. The van der Waals surface area contributed by atoms with E-state index in [1.807, 2.05) is 4.98 Å². The zero-order valence-corrected chi connectivity index (χ0v) is 11.6. The lowest BCUT2D eigenvalue weighted by atomic mass is 10.0. The highest BCUT2D eigenvalue weighted by molar-refractivity contribution is 9.11. The van der Waals surface area contributed by atoms with E-state index in [2.05, 4.69) is 20.9 Å². The molecule has 5 N–H and O–H groups in total. The van der Waals surface area contributed by atoms with Gasteiger partial charge in [-0.3, -0.25) is 9.78 Å². The summed E-state index contributed by atoms with van der Waals surface area (Å²) >= 11 is 2.98. The van der Waals surface area contributed by atoms with Crippen LogP contribution in [0.2, 0.25) is 0 Å². The second-order valence-corrected chi connectivity index (χ2v) is 4.87. The van der Waals surface area contributed by atoms with E-state index >= 15 is 0 Å². The fourth-order valence-electron chi connectivity index (χ4n) is 2.06. The van der Waals surface area contributed by atoms with Gasteiger partial charge in [0.2, 0.25) is 0 Å². The minimum absolute atomic E-state index is 0.0336. The van der Waals surface area contributed by atoms with Gasteiger partial charge in [0.05, 0.1) is 5.56 Å². The van der Waals surface area contributed by atoms with Gasteiger partial charge >= 0.3 is 5.69 Å². The number of ether oxygens (including phenoxy) is 1. The summed E-state index contributed by atoms with van der Waals surface area (Å²) in [6.45, 7) is 0. The molecule has 5 atom stereocenters. The summed E-state index contributed by atoms with van der Waals surface area (Å²) in [5.74, 6) is 0. The Morgan fingerprint density at radius 1 is 1.35 bits per heavy atom. The van der Waals surface area contributed by atoms with Crippen molar-refractivity contribution in [3.05, 3.63) is 43.7 Å². The Kier molecular flexibility index (Phi) is 4.55. The second kappa shape index (κ2) is 6.02. The minimum Gasteiger partial charge on any atom is -0.387 e. The fourth-order valence-corrected chi connectivity index (χ4v) is 2.37. The summed E-state index contributed by atoms with van der Waals surface area (Å²) < 4.78 is 5.34. The van der Waals surface area contributed by atoms with Crippen LogP contribution in [-0.4, -0.2) is 49.7 Å². The lowest BCUT2D eigenvalue weighted by molar-refractivity contribution is -0.0490. The van der Waals surface area contributed by atoms with Crippen LogP contribution in [0.3, 0.4) is 0 Å². The molecular formula is C11H13BrN2O6. The maximum Gasteiger partial charge on any atom is 0.325 e. The lowest BCUT2D eigenvalue weighted by Crippen LogP contribution is -2.37. The average molecular weight is 349 g/mol. The Labute approximate surface area is 120 Å². The largest absolute Gasteiger partial charge is 0.387 e. The third kappa shape index (κ3) is 2.76. The van der Waals surface area contributed by atoms with Crippen LogP contribution >= 0.6 is 15.9 Å². The predicted octanol–water partition coefficient (Wildman–Crippen LogP) is -1.51. The standard InChI is InChI=1S/C11H13BrN2O6/c12-2-1-5(15)9-7(17)6(16)8(20-9)4-3-13-11(19)14-10(4)18/h1-3,5-9,15-17H,(H2,13,14,18,19)/b2-1+/t5?,6-,7-,8?,9+/m0/s1. The molecule has 1 saturated heterocycles. The third-order valence-electron chi connectivity index (χ3n) is 3.06. The van der Waals surface area contributed by atoms with Gasteiger partial charge in [-0.15, -0.1) is 0 Å². The summed E-state index contributed by atoms with van der Waals surface area (Å²) in [5.41, 5.74) is -1.45. The molecule has 1 aromatic heterocycles. The summed E-state index contributed by atoms with van der Waals surface area (Å²) in [7, 11) is 0. The SMILES string of the molecule is O=c1[nH]cc(C2O[C@H](C(O)/C=C/Br)[C@@H](O)[C@@H]2O)c(=O)[nH]1. The van der Waals surface area contributed by atoms with E-state index in [0.717, 1.165) is 6.20 Å². The van der Waals surface area contributed by atoms with Gasteiger partial charge in [0.15, 0.2) is 0 Å². The molecule has 1 aliphatic rings. The first kappa shape index (κ1) is 15.1. The van der Waals surface area contributed by atoms with Gasteiger partial charge in [-0.2, -0.15) is 0 Å². The molecule has 110 valence electrons. The number of aromatic amines is 2. The Hall–Kier alpha value is -1.26. The van der Waals surface area contributed by atoms with Crippen molar-refractivity contribution in [2.75, 3.05) is 0 Å². The number of aliphatic hydroxyl groups is 3. The lowest BCUT2D eigenvalue weighted by Gasteiger charge is -2.17. The highest BCUT2D eigenvalue weighted by Gasteiger charge is 2.46. The van der Waals surface area contributed by atoms with Crippen LogP contribution < -0.4 is 11.2 Å². The molecule has 0 aromatic carbocycles. The number of hydrogen-bond acceptors (Lipinski definition) is 6. The number of aliphatic hydroxyl groups excluding tert-OH is 3. The molecule has 1 aromatic rings. The number of aromatic nitrogens is 2. The van der Waals surface area contributed by atoms with Crippen molar-refractivity contribution in [1.29, 1.82) is 0 Å². The molecule has 20 heavy (non-hydrogen) atoms. The zero-order chi connectivity index (χ0) is 14.9. The van der Waals surface area contributed by atoms with E-state index in [0.29, 0.717) is 0 Å². The van der Waals surface area contributed by atoms with Gasteiger partial charge < -0.3 is 25.0 Å². The molecular weight excluding hydrogens is 336 g/mol. The van der Waals surface area contributed by atoms with Crippen molar-refractivity contribution in [1.82, 2.24) is 9.97 Å². The molecule has 1 fully saturated rings. The van der Waals surface area contributed by atoms with Gasteiger partial charge in [-0.05, 0) is 11.1 Å². The topological polar surface area (TPSA) is 136 Å². The average Bonchev–Trinajstić information content (AvgIpc) is 2.67.